The van der Waals surface area contributed by atoms with E-state index in [-0.39, 0.29) is 0 Å². The van der Waals surface area contributed by atoms with Gasteiger partial charge in [-0.3, -0.25) is 5.41 Å². The Bertz CT molecular complexity index is 215. The number of hydrogen-bond donors (Lipinski definition) is 2. The van der Waals surface area contributed by atoms with Crippen LogP contribution in [0.15, 0.2) is 0 Å². The molecule has 1 aliphatic carbocycles. The van der Waals surface area contributed by atoms with Gasteiger partial charge in [0.05, 0.1) is 5.84 Å². The number of nitrogens with one attached hydrogen (secondary N) is 1. The molecule has 2 atom stereocenters. The molecule has 2 rings (SSSR count). The average Bonchev–Trinajstić information content (AvgIpc) is 2.73. The topological polar surface area (TPSA) is 53.1 Å². The van der Waals surface area contributed by atoms with Gasteiger partial charge in [-0.2, -0.15) is 0 Å². The zero-order valence-corrected chi connectivity index (χ0v) is 8.84. The highest BCUT2D eigenvalue weighted by atomic mass is 15.2. The van der Waals surface area contributed by atoms with E-state index in [0.717, 1.165) is 24.8 Å². The van der Waals surface area contributed by atoms with Gasteiger partial charge in [-0.15, -0.1) is 0 Å². The predicted molar refractivity (Wildman–Crippen MR) is 58.5 cm³/mol. The summed E-state index contributed by atoms with van der Waals surface area (Å²) in [5.74, 6) is 1.35. The smallest absolute Gasteiger partial charge is 0.0905 e. The fourth-order valence-electron chi connectivity index (χ4n) is 2.93. The van der Waals surface area contributed by atoms with Gasteiger partial charge in [0, 0.05) is 19.0 Å². The van der Waals surface area contributed by atoms with Crippen molar-refractivity contribution < 1.29 is 0 Å². The summed E-state index contributed by atoms with van der Waals surface area (Å²) in [6, 6.07) is 0.900. The van der Waals surface area contributed by atoms with Crippen LogP contribution >= 0.6 is 0 Å². The lowest BCUT2D eigenvalue weighted by Crippen LogP contribution is -2.32. The summed E-state index contributed by atoms with van der Waals surface area (Å²) in [7, 11) is 0. The molecule has 1 saturated carbocycles. The molecule has 1 aliphatic heterocycles. The molecule has 0 aromatic rings. The summed E-state index contributed by atoms with van der Waals surface area (Å²) < 4.78 is 0. The number of unbranched alkanes of at least 4 members (excludes halogenated alkanes) is 1. The maximum atomic E-state index is 7.13. The predicted octanol–water partition coefficient (Wildman–Crippen LogP) is 1.58. The summed E-state index contributed by atoms with van der Waals surface area (Å²) in [6.07, 6.45) is 7.42. The van der Waals surface area contributed by atoms with Gasteiger partial charge in [-0.05, 0) is 44.6 Å². The Morgan fingerprint density at radius 1 is 1.36 bits per heavy atom. The van der Waals surface area contributed by atoms with Crippen LogP contribution in [0.2, 0.25) is 0 Å². The Kier molecular flexibility index (Phi) is 3.06. The summed E-state index contributed by atoms with van der Waals surface area (Å²) in [5, 5.41) is 7.13. The van der Waals surface area contributed by atoms with Gasteiger partial charge in [0.1, 0.15) is 0 Å². The molecule has 3 N–H and O–H groups in total. The first-order valence-corrected chi connectivity index (χ1v) is 5.82. The molecule has 0 spiro atoms. The van der Waals surface area contributed by atoms with Gasteiger partial charge in [-0.1, -0.05) is 0 Å². The first-order valence-electron chi connectivity index (χ1n) is 5.82. The molecule has 0 amide bonds. The highest BCUT2D eigenvalue weighted by Gasteiger charge is 2.36. The summed E-state index contributed by atoms with van der Waals surface area (Å²) >= 11 is 0. The van der Waals surface area contributed by atoms with E-state index >= 15 is 0 Å². The van der Waals surface area contributed by atoms with E-state index in [2.05, 4.69) is 4.90 Å². The molecule has 2 fully saturated rings. The van der Waals surface area contributed by atoms with E-state index < -0.39 is 0 Å². The summed E-state index contributed by atoms with van der Waals surface area (Å²) in [5.41, 5.74) is 5.32. The number of rotatable bonds is 5. The van der Waals surface area contributed by atoms with Gasteiger partial charge in [-0.25, -0.2) is 0 Å². The van der Waals surface area contributed by atoms with Crippen LogP contribution < -0.4 is 5.73 Å². The van der Waals surface area contributed by atoms with Crippen LogP contribution in [0, 0.1) is 11.3 Å². The summed E-state index contributed by atoms with van der Waals surface area (Å²) in [4.78, 5) is 2.65. The van der Waals surface area contributed by atoms with Crippen LogP contribution in [0.5, 0.6) is 0 Å². The van der Waals surface area contributed by atoms with Crippen molar-refractivity contribution in [2.45, 2.75) is 44.6 Å². The average molecular weight is 195 g/mol. The maximum absolute atomic E-state index is 7.13. The molecule has 1 heterocycles. The standard InChI is InChI=1S/C11H21N3/c12-11(13)3-1-2-6-14-8-9-4-5-10(14)7-9/h9-10H,1-8H2,(H3,12,13). The van der Waals surface area contributed by atoms with Crippen LogP contribution in [0.25, 0.3) is 0 Å². The monoisotopic (exact) mass is 195 g/mol. The Morgan fingerprint density at radius 2 is 2.21 bits per heavy atom. The minimum atomic E-state index is 0.341. The van der Waals surface area contributed by atoms with Crippen LogP contribution in [-0.2, 0) is 0 Å². The number of amidine groups is 1. The van der Waals surface area contributed by atoms with Gasteiger partial charge < -0.3 is 10.6 Å². The van der Waals surface area contributed by atoms with Crippen molar-refractivity contribution in [3.05, 3.63) is 0 Å². The van der Waals surface area contributed by atoms with E-state index in [1.807, 2.05) is 0 Å². The fourth-order valence-corrected chi connectivity index (χ4v) is 2.93. The first kappa shape index (κ1) is 9.97. The Labute approximate surface area is 86.2 Å². The van der Waals surface area contributed by atoms with E-state index in [1.165, 1.54) is 38.8 Å². The van der Waals surface area contributed by atoms with Gasteiger partial charge in [0.15, 0.2) is 0 Å². The van der Waals surface area contributed by atoms with E-state index in [1.54, 1.807) is 0 Å². The van der Waals surface area contributed by atoms with E-state index in [9.17, 15) is 0 Å². The normalized spacial score (nSPS) is 31.1. The maximum Gasteiger partial charge on any atom is 0.0905 e. The van der Waals surface area contributed by atoms with Crippen molar-refractivity contribution in [1.82, 2.24) is 4.90 Å². The van der Waals surface area contributed by atoms with E-state index in [4.69, 9.17) is 11.1 Å². The summed E-state index contributed by atoms with van der Waals surface area (Å²) in [6.45, 7) is 2.57. The quantitative estimate of drug-likeness (QED) is 0.397. The number of fused-ring (bicyclic) bond motifs is 2. The molecule has 3 heteroatoms. The minimum Gasteiger partial charge on any atom is -0.388 e. The molecule has 0 aromatic heterocycles. The molecule has 0 radical (unpaired) electrons. The molecule has 3 nitrogen and oxygen atoms in total. The molecular weight excluding hydrogens is 174 g/mol. The number of nitrogens with two attached hydrogens (primary N) is 1. The Hall–Kier alpha value is -0.570. The van der Waals surface area contributed by atoms with Gasteiger partial charge in [0.25, 0.3) is 0 Å². The van der Waals surface area contributed by atoms with Crippen LogP contribution in [0.3, 0.4) is 0 Å². The molecule has 2 aliphatic rings. The third-order valence-electron chi connectivity index (χ3n) is 3.66. The lowest BCUT2D eigenvalue weighted by molar-refractivity contribution is 0.210. The molecule has 1 saturated heterocycles. The molecule has 0 aromatic carbocycles. The Balaban J connectivity index is 1.60. The van der Waals surface area contributed by atoms with Gasteiger partial charge in [0.2, 0.25) is 0 Å². The van der Waals surface area contributed by atoms with E-state index in [0.29, 0.717) is 5.84 Å². The fraction of sp³-hybridized carbons (Fsp3) is 0.909. The third-order valence-corrected chi connectivity index (χ3v) is 3.66. The second kappa shape index (κ2) is 4.30. The zero-order valence-electron chi connectivity index (χ0n) is 8.84. The number of piperidine rings is 1. The molecule has 2 bridgehead atoms. The zero-order chi connectivity index (χ0) is 9.97. The van der Waals surface area contributed by atoms with Crippen LogP contribution in [0.4, 0.5) is 0 Å². The van der Waals surface area contributed by atoms with Crippen molar-refractivity contribution in [2.75, 3.05) is 13.1 Å². The molecular formula is C11H21N3. The third kappa shape index (κ3) is 2.27. The largest absolute Gasteiger partial charge is 0.388 e. The number of nitrogens with zero attached hydrogens (tertiary/aromatic N) is 1. The second-order valence-electron chi connectivity index (χ2n) is 4.81. The number of hydrogen-bond acceptors (Lipinski definition) is 2. The minimum absolute atomic E-state index is 0.341. The van der Waals surface area contributed by atoms with Crippen molar-refractivity contribution in [2.24, 2.45) is 11.7 Å². The number of likely N-dealkylation sites (tertiary alicyclic amines) is 1. The second-order valence-corrected chi connectivity index (χ2v) is 4.81. The van der Waals surface area contributed by atoms with Crippen LogP contribution in [0.1, 0.15) is 38.5 Å². The van der Waals surface area contributed by atoms with Gasteiger partial charge >= 0.3 is 0 Å². The lowest BCUT2D eigenvalue weighted by Gasteiger charge is -2.26. The Morgan fingerprint density at radius 3 is 2.79 bits per heavy atom. The highest BCUT2D eigenvalue weighted by molar-refractivity contribution is 5.76. The first-order chi connectivity index (χ1) is 6.75. The van der Waals surface area contributed by atoms with Crippen molar-refractivity contribution >= 4 is 5.84 Å². The van der Waals surface area contributed by atoms with Crippen LogP contribution in [-0.4, -0.2) is 29.9 Å². The van der Waals surface area contributed by atoms with Crippen molar-refractivity contribution in [3.8, 4) is 0 Å². The van der Waals surface area contributed by atoms with Crippen molar-refractivity contribution in [3.63, 3.8) is 0 Å². The lowest BCUT2D eigenvalue weighted by atomic mass is 10.1. The molecule has 80 valence electrons. The molecule has 2 unspecified atom stereocenters. The molecule has 14 heavy (non-hydrogen) atoms. The SMILES string of the molecule is N=C(N)CCCCN1CC2CCC1C2. The highest BCUT2D eigenvalue weighted by Crippen LogP contribution is 2.37. The van der Waals surface area contributed by atoms with Crippen molar-refractivity contribution in [1.29, 1.82) is 5.41 Å².